The first-order valence-electron chi connectivity index (χ1n) is 13.9. The largest absolute Gasteiger partial charge is 0.462 e. The molecule has 2 N–H and O–H groups in total. The number of esters is 4. The van der Waals surface area contributed by atoms with Crippen molar-refractivity contribution in [3.63, 3.8) is 0 Å². The standard InChI is InChI=1S/C30H47NO8/c1-9-19(5)13-27(32)38-25-12-11-23(16-26(25)39-28(33)14-20(6)10-2)15-24(31)30(35)37-21(7)17-36-29(34)22(8)18(3)4/h11-12,16,18-22,24H,9-10,13-15,17,31H2,1-8H3/t19?,20?,21-,22?,24-/m0/s1. The lowest BCUT2D eigenvalue weighted by atomic mass is 9.99. The summed E-state index contributed by atoms with van der Waals surface area (Å²) in [6.45, 7) is 15.1. The summed E-state index contributed by atoms with van der Waals surface area (Å²) in [5.74, 6) is -1.48. The molecule has 0 saturated carbocycles. The predicted octanol–water partition coefficient (Wildman–Crippen LogP) is 5.01. The highest BCUT2D eigenvalue weighted by Crippen LogP contribution is 2.30. The van der Waals surface area contributed by atoms with Crippen LogP contribution in [0.2, 0.25) is 0 Å². The highest BCUT2D eigenvalue weighted by atomic mass is 16.6. The van der Waals surface area contributed by atoms with Crippen molar-refractivity contribution >= 4 is 23.9 Å². The maximum Gasteiger partial charge on any atom is 0.323 e. The summed E-state index contributed by atoms with van der Waals surface area (Å²) in [6, 6.07) is 3.72. The SMILES string of the molecule is CCC(C)CC(=O)Oc1ccc(C[C@H](N)C(=O)O[C@@H](C)COC(=O)C(C)C(C)C)cc1OC(=O)CC(C)CC. The number of nitrogens with two attached hydrogens (primary N) is 1. The molecule has 0 spiro atoms. The Hall–Kier alpha value is -2.94. The van der Waals surface area contributed by atoms with E-state index < -0.39 is 30.1 Å². The van der Waals surface area contributed by atoms with Gasteiger partial charge in [0.15, 0.2) is 11.5 Å². The highest BCUT2D eigenvalue weighted by Gasteiger charge is 2.23. The molecule has 220 valence electrons. The molecule has 0 heterocycles. The second-order valence-corrected chi connectivity index (χ2v) is 10.9. The Morgan fingerprint density at radius 3 is 1.85 bits per heavy atom. The van der Waals surface area contributed by atoms with Gasteiger partial charge in [0.05, 0.1) is 5.92 Å². The summed E-state index contributed by atoms with van der Waals surface area (Å²) in [5, 5.41) is 0. The lowest BCUT2D eigenvalue weighted by molar-refractivity contribution is -0.161. The molecule has 0 saturated heterocycles. The van der Waals surface area contributed by atoms with E-state index in [4.69, 9.17) is 24.7 Å². The zero-order chi connectivity index (χ0) is 29.7. The van der Waals surface area contributed by atoms with Gasteiger partial charge in [-0.25, -0.2) is 0 Å². The van der Waals surface area contributed by atoms with Crippen LogP contribution in [-0.2, 0) is 35.1 Å². The minimum absolute atomic E-state index is 0.0681. The van der Waals surface area contributed by atoms with Gasteiger partial charge in [-0.1, -0.05) is 67.4 Å². The Labute approximate surface area is 233 Å². The van der Waals surface area contributed by atoms with Crippen LogP contribution >= 0.6 is 0 Å². The van der Waals surface area contributed by atoms with Gasteiger partial charge in [-0.2, -0.15) is 0 Å². The van der Waals surface area contributed by atoms with Crippen molar-refractivity contribution in [1.82, 2.24) is 0 Å². The number of hydrogen-bond acceptors (Lipinski definition) is 9. The summed E-state index contributed by atoms with van der Waals surface area (Å²) >= 11 is 0. The van der Waals surface area contributed by atoms with Gasteiger partial charge >= 0.3 is 23.9 Å². The zero-order valence-corrected chi connectivity index (χ0v) is 24.8. The van der Waals surface area contributed by atoms with Crippen molar-refractivity contribution in [3.8, 4) is 11.5 Å². The minimum Gasteiger partial charge on any atom is -0.462 e. The van der Waals surface area contributed by atoms with E-state index >= 15 is 0 Å². The Balaban J connectivity index is 2.90. The fraction of sp³-hybridized carbons (Fsp3) is 0.667. The lowest BCUT2D eigenvalue weighted by Crippen LogP contribution is -2.37. The first-order valence-corrected chi connectivity index (χ1v) is 13.9. The number of carbonyl (C=O) groups excluding carboxylic acids is 4. The molecule has 0 aromatic heterocycles. The molecule has 0 aliphatic heterocycles. The molecule has 0 fully saturated rings. The molecule has 5 atom stereocenters. The average Bonchev–Trinajstić information content (AvgIpc) is 2.87. The Bertz CT molecular complexity index is 960. The summed E-state index contributed by atoms with van der Waals surface area (Å²) in [4.78, 5) is 49.5. The summed E-state index contributed by atoms with van der Waals surface area (Å²) in [5.41, 5.74) is 6.68. The molecule has 1 aromatic carbocycles. The minimum atomic E-state index is -1.01. The molecule has 1 aromatic rings. The van der Waals surface area contributed by atoms with Gasteiger partial charge in [0, 0.05) is 12.8 Å². The molecule has 39 heavy (non-hydrogen) atoms. The zero-order valence-electron chi connectivity index (χ0n) is 24.8. The Kier molecular flexibility index (Phi) is 14.8. The monoisotopic (exact) mass is 549 g/mol. The molecule has 0 radical (unpaired) electrons. The van der Waals surface area contributed by atoms with Gasteiger partial charge in [0.1, 0.15) is 18.8 Å². The lowest BCUT2D eigenvalue weighted by Gasteiger charge is -2.19. The normalized spacial score (nSPS) is 15.0. The smallest absolute Gasteiger partial charge is 0.323 e. The second-order valence-electron chi connectivity index (χ2n) is 10.9. The highest BCUT2D eigenvalue weighted by molar-refractivity contribution is 5.78. The van der Waals surface area contributed by atoms with Crippen LogP contribution in [0.4, 0.5) is 0 Å². The van der Waals surface area contributed by atoms with Gasteiger partial charge in [-0.3, -0.25) is 19.2 Å². The van der Waals surface area contributed by atoms with E-state index in [9.17, 15) is 19.2 Å². The summed E-state index contributed by atoms with van der Waals surface area (Å²) in [6.07, 6.45) is 1.52. The molecule has 9 heteroatoms. The summed E-state index contributed by atoms with van der Waals surface area (Å²) < 4.78 is 21.7. The molecule has 3 unspecified atom stereocenters. The van der Waals surface area contributed by atoms with E-state index in [2.05, 4.69) is 0 Å². The number of rotatable bonds is 16. The molecule has 0 aliphatic carbocycles. The quantitative estimate of drug-likeness (QED) is 0.223. The fourth-order valence-corrected chi connectivity index (χ4v) is 3.29. The number of ether oxygens (including phenoxy) is 4. The number of hydrogen-bond donors (Lipinski definition) is 1. The molecule has 0 bridgehead atoms. The molecule has 9 nitrogen and oxygen atoms in total. The van der Waals surface area contributed by atoms with Crippen LogP contribution in [0.25, 0.3) is 0 Å². The van der Waals surface area contributed by atoms with Crippen LogP contribution in [0.1, 0.15) is 86.6 Å². The van der Waals surface area contributed by atoms with Gasteiger partial charge in [-0.05, 0) is 48.8 Å². The maximum atomic E-state index is 12.6. The molecule has 1 rings (SSSR count). The van der Waals surface area contributed by atoms with E-state index in [-0.39, 0.29) is 67.0 Å². The summed E-state index contributed by atoms with van der Waals surface area (Å²) in [7, 11) is 0. The van der Waals surface area contributed by atoms with Crippen molar-refractivity contribution in [1.29, 1.82) is 0 Å². The molecular weight excluding hydrogens is 502 g/mol. The van der Waals surface area contributed by atoms with Crippen molar-refractivity contribution in [2.24, 2.45) is 29.4 Å². The van der Waals surface area contributed by atoms with E-state index in [1.165, 1.54) is 6.07 Å². The van der Waals surface area contributed by atoms with Crippen LogP contribution in [-0.4, -0.2) is 42.6 Å². The first-order chi connectivity index (χ1) is 18.3. The third kappa shape index (κ3) is 12.6. The van der Waals surface area contributed by atoms with Crippen LogP contribution in [0.15, 0.2) is 18.2 Å². The maximum absolute atomic E-state index is 12.6. The van der Waals surface area contributed by atoms with E-state index in [0.29, 0.717) is 5.56 Å². The van der Waals surface area contributed by atoms with Crippen molar-refractivity contribution in [2.75, 3.05) is 6.61 Å². The van der Waals surface area contributed by atoms with Crippen LogP contribution < -0.4 is 15.2 Å². The van der Waals surface area contributed by atoms with Gasteiger partial charge in [0.2, 0.25) is 0 Å². The van der Waals surface area contributed by atoms with Crippen molar-refractivity contribution in [3.05, 3.63) is 23.8 Å². The van der Waals surface area contributed by atoms with Crippen LogP contribution in [0.5, 0.6) is 11.5 Å². The van der Waals surface area contributed by atoms with Gasteiger partial charge in [0.25, 0.3) is 0 Å². The predicted molar refractivity (Wildman–Crippen MR) is 148 cm³/mol. The molecule has 0 amide bonds. The van der Waals surface area contributed by atoms with Crippen LogP contribution in [0, 0.1) is 23.7 Å². The van der Waals surface area contributed by atoms with Gasteiger partial charge in [-0.15, -0.1) is 0 Å². The topological polar surface area (TPSA) is 131 Å². The molecule has 0 aliphatic rings. The first kappa shape index (κ1) is 34.1. The van der Waals surface area contributed by atoms with Crippen molar-refractivity contribution < 1.29 is 38.1 Å². The van der Waals surface area contributed by atoms with E-state index in [1.807, 2.05) is 41.5 Å². The van der Waals surface area contributed by atoms with Crippen molar-refractivity contribution in [2.45, 2.75) is 99.6 Å². The Morgan fingerprint density at radius 2 is 1.33 bits per heavy atom. The van der Waals surface area contributed by atoms with Gasteiger partial charge < -0.3 is 24.7 Å². The second kappa shape index (κ2) is 16.9. The average molecular weight is 550 g/mol. The number of carbonyl (C=O) groups is 4. The van der Waals surface area contributed by atoms with E-state index in [0.717, 1.165) is 12.8 Å². The third-order valence-corrected chi connectivity index (χ3v) is 6.79. The third-order valence-electron chi connectivity index (χ3n) is 6.79. The van der Waals surface area contributed by atoms with E-state index in [1.54, 1.807) is 26.0 Å². The fourth-order valence-electron chi connectivity index (χ4n) is 3.29. The Morgan fingerprint density at radius 1 is 0.795 bits per heavy atom. The molecular formula is C30H47NO8. The number of benzene rings is 1. The van der Waals surface area contributed by atoms with Crippen LogP contribution in [0.3, 0.4) is 0 Å².